The van der Waals surface area contributed by atoms with E-state index < -0.39 is 15.2 Å². The van der Waals surface area contributed by atoms with Gasteiger partial charge in [-0.1, -0.05) is 6.92 Å². The molecule has 0 spiro atoms. The van der Waals surface area contributed by atoms with Crippen molar-refractivity contribution in [2.75, 3.05) is 41.5 Å². The van der Waals surface area contributed by atoms with Crippen LogP contribution in [-0.4, -0.2) is 44.7 Å². The molecular weight excluding hydrogens is 296 g/mol. The van der Waals surface area contributed by atoms with Gasteiger partial charge in [0.1, 0.15) is 11.1 Å². The van der Waals surface area contributed by atoms with Crippen molar-refractivity contribution >= 4 is 33.0 Å². The van der Waals surface area contributed by atoms with Crippen molar-refractivity contribution in [2.45, 2.75) is 12.3 Å². The van der Waals surface area contributed by atoms with Gasteiger partial charge in [0.05, 0.1) is 18.5 Å². The van der Waals surface area contributed by atoms with Crippen LogP contribution in [0.25, 0.3) is 0 Å². The highest BCUT2D eigenvalue weighted by molar-refractivity contribution is 8.01. The molecule has 0 aliphatic carbocycles. The van der Waals surface area contributed by atoms with E-state index in [1.807, 2.05) is 11.0 Å². The molecule has 0 bridgehead atoms. The van der Waals surface area contributed by atoms with E-state index in [1.165, 1.54) is 0 Å². The van der Waals surface area contributed by atoms with Gasteiger partial charge in [-0.3, -0.25) is 0 Å². The quantitative estimate of drug-likeness (QED) is 0.851. The normalized spacial score (nSPS) is 19.9. The molecule has 1 atom stereocenters. The predicted octanol–water partition coefficient (Wildman–Crippen LogP) is 1.59. The van der Waals surface area contributed by atoms with Gasteiger partial charge < -0.3 is 15.4 Å². The highest BCUT2D eigenvalue weighted by atomic mass is 32.2. The monoisotopic (exact) mass is 316 g/mol. The molecule has 1 heterocycles. The van der Waals surface area contributed by atoms with Crippen LogP contribution in [-0.2, 0) is 9.84 Å². The van der Waals surface area contributed by atoms with Crippen LogP contribution in [0.5, 0.6) is 5.75 Å². The Labute approximate surface area is 124 Å². The molecule has 0 saturated carbocycles. The Hall–Kier alpha value is -1.08. The summed E-state index contributed by atoms with van der Waals surface area (Å²) in [6.45, 7) is 2.35. The topological polar surface area (TPSA) is 72.6 Å². The minimum Gasteiger partial charge on any atom is -0.497 e. The van der Waals surface area contributed by atoms with E-state index in [-0.39, 0.29) is 5.75 Å². The summed E-state index contributed by atoms with van der Waals surface area (Å²) in [5.74, 6) is 2.29. The van der Waals surface area contributed by atoms with Crippen molar-refractivity contribution in [3.05, 3.63) is 18.2 Å². The molecule has 0 radical (unpaired) electrons. The number of thioether (sulfide) groups is 1. The largest absolute Gasteiger partial charge is 0.497 e. The average molecular weight is 316 g/mol. The summed E-state index contributed by atoms with van der Waals surface area (Å²) >= 11 is 1.67. The molecule has 7 heteroatoms. The van der Waals surface area contributed by atoms with E-state index in [1.54, 1.807) is 37.9 Å². The van der Waals surface area contributed by atoms with Gasteiger partial charge in [-0.05, 0) is 12.1 Å². The number of anilines is 2. The lowest BCUT2D eigenvalue weighted by atomic mass is 10.2. The molecule has 1 fully saturated rings. The van der Waals surface area contributed by atoms with E-state index in [0.717, 1.165) is 11.4 Å². The van der Waals surface area contributed by atoms with Gasteiger partial charge in [0.2, 0.25) is 0 Å². The smallest absolute Gasteiger partial charge is 0.171 e. The van der Waals surface area contributed by atoms with E-state index in [4.69, 9.17) is 10.5 Å². The second-order valence-electron chi connectivity index (χ2n) is 4.60. The Bertz CT molecular complexity index is 575. The number of sulfone groups is 1. The van der Waals surface area contributed by atoms with Crippen molar-refractivity contribution in [2.24, 2.45) is 0 Å². The average Bonchev–Trinajstić information content (AvgIpc) is 2.48. The molecule has 0 amide bonds. The number of methoxy groups -OCH3 is 1. The third-order valence-electron chi connectivity index (χ3n) is 3.45. The lowest BCUT2D eigenvalue weighted by molar-refractivity contribution is 0.415. The summed E-state index contributed by atoms with van der Waals surface area (Å²) in [5.41, 5.74) is 7.34. The number of nitrogen functional groups attached to an aromatic ring is 1. The first-order valence-electron chi connectivity index (χ1n) is 6.49. The zero-order chi connectivity index (χ0) is 14.8. The zero-order valence-corrected chi connectivity index (χ0v) is 13.3. The molecule has 112 valence electrons. The predicted molar refractivity (Wildman–Crippen MR) is 85.3 cm³/mol. The number of benzene rings is 1. The molecular formula is C13H20N2O3S2. The van der Waals surface area contributed by atoms with Gasteiger partial charge in [-0.2, -0.15) is 11.8 Å². The number of nitrogens with two attached hydrogens (primary N) is 1. The van der Waals surface area contributed by atoms with Crippen LogP contribution >= 0.6 is 11.8 Å². The third kappa shape index (κ3) is 2.98. The number of nitrogens with zero attached hydrogens (tertiary/aromatic N) is 1. The van der Waals surface area contributed by atoms with E-state index in [0.29, 0.717) is 23.7 Å². The molecule has 2 N–H and O–H groups in total. The molecule has 5 nitrogen and oxygen atoms in total. The highest BCUT2D eigenvalue weighted by Crippen LogP contribution is 2.34. The first kappa shape index (κ1) is 15.3. The van der Waals surface area contributed by atoms with Crippen LogP contribution in [0.4, 0.5) is 11.4 Å². The molecule has 1 saturated heterocycles. The van der Waals surface area contributed by atoms with Crippen molar-refractivity contribution in [3.8, 4) is 5.75 Å². The van der Waals surface area contributed by atoms with Gasteiger partial charge in [-0.25, -0.2) is 8.42 Å². The Morgan fingerprint density at radius 3 is 2.90 bits per heavy atom. The minimum atomic E-state index is -3.15. The number of hydrogen-bond donors (Lipinski definition) is 1. The van der Waals surface area contributed by atoms with E-state index in [2.05, 4.69) is 0 Å². The molecule has 0 aromatic heterocycles. The lowest BCUT2D eigenvalue weighted by Crippen LogP contribution is -2.48. The summed E-state index contributed by atoms with van der Waals surface area (Å²) in [4.78, 5) is 1.90. The van der Waals surface area contributed by atoms with Gasteiger partial charge in [0.15, 0.2) is 9.84 Å². The number of ether oxygens (including phenoxy) is 1. The van der Waals surface area contributed by atoms with Crippen molar-refractivity contribution in [1.82, 2.24) is 0 Å². The Balaban J connectivity index is 2.42. The maximum Gasteiger partial charge on any atom is 0.171 e. The van der Waals surface area contributed by atoms with E-state index in [9.17, 15) is 8.42 Å². The lowest BCUT2D eigenvalue weighted by Gasteiger charge is -2.37. The first-order chi connectivity index (χ1) is 9.49. The van der Waals surface area contributed by atoms with Crippen LogP contribution in [0.15, 0.2) is 18.2 Å². The van der Waals surface area contributed by atoms with Crippen molar-refractivity contribution in [1.29, 1.82) is 0 Å². The van der Waals surface area contributed by atoms with Gasteiger partial charge in [0.25, 0.3) is 0 Å². The minimum absolute atomic E-state index is 0.137. The van der Waals surface area contributed by atoms with Crippen LogP contribution in [0.3, 0.4) is 0 Å². The first-order valence-corrected chi connectivity index (χ1v) is 9.36. The Morgan fingerprint density at radius 2 is 2.25 bits per heavy atom. The molecule has 1 unspecified atom stereocenters. The maximum atomic E-state index is 12.3. The Morgan fingerprint density at radius 1 is 1.50 bits per heavy atom. The second-order valence-corrected chi connectivity index (χ2v) is 8.20. The zero-order valence-electron chi connectivity index (χ0n) is 11.7. The van der Waals surface area contributed by atoms with Crippen molar-refractivity contribution < 1.29 is 13.2 Å². The molecule has 20 heavy (non-hydrogen) atoms. The standard InChI is InChI=1S/C13H20N2O3S2/c1-3-20(16,17)13-9-19-7-6-15(13)12-8-10(18-2)4-5-11(12)14/h4-5,8,13H,3,6-7,9,14H2,1-2H3. The molecule has 2 rings (SSSR count). The summed E-state index contributed by atoms with van der Waals surface area (Å²) in [6.07, 6.45) is 0. The fourth-order valence-corrected chi connectivity index (χ4v) is 5.23. The fraction of sp³-hybridized carbons (Fsp3) is 0.538. The number of hydrogen-bond acceptors (Lipinski definition) is 6. The van der Waals surface area contributed by atoms with Gasteiger partial charge in [-0.15, -0.1) is 0 Å². The molecule has 1 aliphatic rings. The van der Waals surface area contributed by atoms with Crippen LogP contribution in [0.1, 0.15) is 6.92 Å². The summed E-state index contributed by atoms with van der Waals surface area (Å²) in [6, 6.07) is 5.34. The second kappa shape index (κ2) is 6.13. The summed E-state index contributed by atoms with van der Waals surface area (Å²) < 4.78 is 29.8. The molecule has 1 aromatic rings. The number of rotatable bonds is 4. The van der Waals surface area contributed by atoms with Crippen LogP contribution in [0.2, 0.25) is 0 Å². The SMILES string of the molecule is CCS(=O)(=O)C1CSCCN1c1cc(OC)ccc1N. The van der Waals surface area contributed by atoms with Gasteiger partial charge in [0, 0.05) is 29.9 Å². The van der Waals surface area contributed by atoms with Gasteiger partial charge >= 0.3 is 0 Å². The maximum absolute atomic E-state index is 12.3. The van der Waals surface area contributed by atoms with Crippen molar-refractivity contribution in [3.63, 3.8) is 0 Å². The Kier molecular flexibility index (Phi) is 4.70. The van der Waals surface area contributed by atoms with Crippen LogP contribution in [0, 0.1) is 0 Å². The summed E-state index contributed by atoms with van der Waals surface area (Å²) in [5, 5.41) is -0.513. The molecule has 1 aromatic carbocycles. The highest BCUT2D eigenvalue weighted by Gasteiger charge is 2.33. The fourth-order valence-electron chi connectivity index (χ4n) is 2.25. The van der Waals surface area contributed by atoms with Crippen LogP contribution < -0.4 is 15.4 Å². The third-order valence-corrected chi connectivity index (χ3v) is 6.74. The molecule has 1 aliphatic heterocycles. The van der Waals surface area contributed by atoms with E-state index >= 15 is 0 Å². The summed E-state index contributed by atoms with van der Waals surface area (Å²) in [7, 11) is -1.56.